The lowest BCUT2D eigenvalue weighted by Crippen LogP contribution is -2.38. The maximum absolute atomic E-state index is 12.0. The summed E-state index contributed by atoms with van der Waals surface area (Å²) in [5.41, 5.74) is 0. The van der Waals surface area contributed by atoms with E-state index in [1.54, 1.807) is 0 Å². The number of aliphatic hydroxyl groups excluding tert-OH is 1. The molecule has 0 aromatic rings. The van der Waals surface area contributed by atoms with Gasteiger partial charge in [0.25, 0.3) is 0 Å². The molecule has 2 aliphatic heterocycles. The van der Waals surface area contributed by atoms with E-state index in [1.165, 1.54) is 0 Å². The number of carbonyl (C=O) groups is 1. The molecule has 2 fully saturated rings. The van der Waals surface area contributed by atoms with E-state index in [-0.39, 0.29) is 18.6 Å². The number of rotatable bonds is 5. The van der Waals surface area contributed by atoms with Gasteiger partial charge in [0.05, 0.1) is 31.8 Å². The van der Waals surface area contributed by atoms with Crippen LogP contribution in [-0.2, 0) is 9.53 Å². The molecule has 18 heavy (non-hydrogen) atoms. The molecule has 0 saturated carbocycles. The summed E-state index contributed by atoms with van der Waals surface area (Å²) in [5.74, 6) is 0.125. The number of likely N-dealkylation sites (tertiary alicyclic amines) is 1. The minimum atomic E-state index is 0.0383. The van der Waals surface area contributed by atoms with Crippen LogP contribution in [0.5, 0.6) is 0 Å². The van der Waals surface area contributed by atoms with Crippen molar-refractivity contribution < 1.29 is 14.6 Å². The molecular formula is C13H24N2O3. The van der Waals surface area contributed by atoms with Crippen molar-refractivity contribution in [3.05, 3.63) is 0 Å². The van der Waals surface area contributed by atoms with E-state index >= 15 is 0 Å². The summed E-state index contributed by atoms with van der Waals surface area (Å²) in [6.07, 6.45) is 4.77. The highest BCUT2D eigenvalue weighted by Gasteiger charge is 2.27. The molecule has 0 spiro atoms. The Morgan fingerprint density at radius 3 is 2.83 bits per heavy atom. The van der Waals surface area contributed by atoms with Gasteiger partial charge in [-0.1, -0.05) is 0 Å². The SMILES string of the molecule is O=C(CCOC1CCNCC1)N1CCC[C@@H]1CO. The van der Waals surface area contributed by atoms with Gasteiger partial charge in [-0.05, 0) is 38.8 Å². The van der Waals surface area contributed by atoms with Gasteiger partial charge in [-0.25, -0.2) is 0 Å². The monoisotopic (exact) mass is 256 g/mol. The zero-order chi connectivity index (χ0) is 12.8. The first-order valence-electron chi connectivity index (χ1n) is 7.04. The average molecular weight is 256 g/mol. The van der Waals surface area contributed by atoms with E-state index in [4.69, 9.17) is 4.74 Å². The largest absolute Gasteiger partial charge is 0.394 e. The van der Waals surface area contributed by atoms with Crippen molar-refractivity contribution in [1.29, 1.82) is 0 Å². The molecule has 2 rings (SSSR count). The first-order valence-corrected chi connectivity index (χ1v) is 7.04. The second kappa shape index (κ2) is 7.07. The van der Waals surface area contributed by atoms with Crippen molar-refractivity contribution in [2.75, 3.05) is 32.8 Å². The summed E-state index contributed by atoms with van der Waals surface area (Å²) < 4.78 is 5.73. The molecule has 1 amide bonds. The topological polar surface area (TPSA) is 61.8 Å². The molecule has 0 aromatic carbocycles. The summed E-state index contributed by atoms with van der Waals surface area (Å²) in [6.45, 7) is 3.41. The summed E-state index contributed by atoms with van der Waals surface area (Å²) in [4.78, 5) is 13.8. The Balaban J connectivity index is 1.64. The average Bonchev–Trinajstić information content (AvgIpc) is 2.88. The van der Waals surface area contributed by atoms with E-state index in [0.717, 1.165) is 45.3 Å². The van der Waals surface area contributed by atoms with Gasteiger partial charge in [0.15, 0.2) is 0 Å². The van der Waals surface area contributed by atoms with Crippen molar-refractivity contribution in [3.63, 3.8) is 0 Å². The normalized spacial score (nSPS) is 25.6. The van der Waals surface area contributed by atoms with Gasteiger partial charge in [-0.15, -0.1) is 0 Å². The number of nitrogens with zero attached hydrogens (tertiary/aromatic N) is 1. The lowest BCUT2D eigenvalue weighted by molar-refractivity contribution is -0.134. The number of carbonyl (C=O) groups excluding carboxylic acids is 1. The van der Waals surface area contributed by atoms with Crippen LogP contribution in [-0.4, -0.2) is 60.9 Å². The van der Waals surface area contributed by atoms with Crippen LogP contribution in [0.25, 0.3) is 0 Å². The molecule has 2 aliphatic rings. The zero-order valence-electron chi connectivity index (χ0n) is 10.9. The lowest BCUT2D eigenvalue weighted by Gasteiger charge is -2.25. The van der Waals surface area contributed by atoms with Crippen LogP contribution in [0.3, 0.4) is 0 Å². The third-order valence-electron chi connectivity index (χ3n) is 3.86. The van der Waals surface area contributed by atoms with E-state index in [0.29, 0.717) is 19.1 Å². The summed E-state index contributed by atoms with van der Waals surface area (Å²) in [6, 6.07) is 0.0383. The second-order valence-corrected chi connectivity index (χ2v) is 5.14. The standard InChI is InChI=1S/C13H24N2O3/c16-10-11-2-1-8-15(11)13(17)5-9-18-12-3-6-14-7-4-12/h11-12,14,16H,1-10H2/t11-/m1/s1. The Kier molecular flexibility index (Phi) is 5.41. The van der Waals surface area contributed by atoms with E-state index in [9.17, 15) is 9.90 Å². The van der Waals surface area contributed by atoms with E-state index < -0.39 is 0 Å². The fraction of sp³-hybridized carbons (Fsp3) is 0.923. The molecule has 0 aliphatic carbocycles. The van der Waals surface area contributed by atoms with Crippen LogP contribution in [0.15, 0.2) is 0 Å². The molecule has 2 saturated heterocycles. The van der Waals surface area contributed by atoms with Crippen molar-refractivity contribution >= 4 is 5.91 Å². The fourth-order valence-corrected chi connectivity index (χ4v) is 2.77. The van der Waals surface area contributed by atoms with Gasteiger partial charge < -0.3 is 20.1 Å². The number of piperidine rings is 1. The number of aliphatic hydroxyl groups is 1. The van der Waals surface area contributed by atoms with Crippen molar-refractivity contribution in [2.45, 2.75) is 44.2 Å². The Bertz CT molecular complexity index is 267. The Labute approximate surface area is 108 Å². The maximum atomic E-state index is 12.0. The molecule has 0 radical (unpaired) electrons. The summed E-state index contributed by atoms with van der Waals surface area (Å²) in [5, 5.41) is 12.5. The highest BCUT2D eigenvalue weighted by atomic mass is 16.5. The van der Waals surface area contributed by atoms with Gasteiger partial charge in [0, 0.05) is 6.54 Å². The smallest absolute Gasteiger partial charge is 0.225 e. The molecule has 0 aromatic heterocycles. The number of nitrogens with one attached hydrogen (secondary N) is 1. The molecule has 1 atom stereocenters. The molecule has 0 unspecified atom stereocenters. The van der Waals surface area contributed by atoms with Gasteiger partial charge in [-0.2, -0.15) is 0 Å². The maximum Gasteiger partial charge on any atom is 0.225 e. The highest BCUT2D eigenvalue weighted by Crippen LogP contribution is 2.17. The number of hydrogen-bond acceptors (Lipinski definition) is 4. The highest BCUT2D eigenvalue weighted by molar-refractivity contribution is 5.76. The number of ether oxygens (including phenoxy) is 1. The van der Waals surface area contributed by atoms with Crippen LogP contribution in [0.2, 0.25) is 0 Å². The molecule has 5 heteroatoms. The number of hydrogen-bond donors (Lipinski definition) is 2. The lowest BCUT2D eigenvalue weighted by atomic mass is 10.1. The Hall–Kier alpha value is -0.650. The minimum absolute atomic E-state index is 0.0383. The van der Waals surface area contributed by atoms with Crippen LogP contribution in [0.4, 0.5) is 0 Å². The van der Waals surface area contributed by atoms with E-state index in [2.05, 4.69) is 5.32 Å². The molecular weight excluding hydrogens is 232 g/mol. The summed E-state index contributed by atoms with van der Waals surface area (Å²) in [7, 11) is 0. The molecule has 0 bridgehead atoms. The van der Waals surface area contributed by atoms with Crippen molar-refractivity contribution in [3.8, 4) is 0 Å². The molecule has 5 nitrogen and oxygen atoms in total. The van der Waals surface area contributed by atoms with Crippen LogP contribution < -0.4 is 5.32 Å². The predicted octanol–water partition coefficient (Wildman–Crippen LogP) is 0.128. The van der Waals surface area contributed by atoms with Crippen LogP contribution in [0.1, 0.15) is 32.1 Å². The predicted molar refractivity (Wildman–Crippen MR) is 68.3 cm³/mol. The molecule has 2 N–H and O–H groups in total. The van der Waals surface area contributed by atoms with Gasteiger partial charge in [0.1, 0.15) is 0 Å². The van der Waals surface area contributed by atoms with Crippen molar-refractivity contribution in [1.82, 2.24) is 10.2 Å². The first kappa shape index (κ1) is 13.8. The Morgan fingerprint density at radius 2 is 2.11 bits per heavy atom. The number of amides is 1. The first-order chi connectivity index (χ1) is 8.81. The quantitative estimate of drug-likeness (QED) is 0.734. The molecule has 2 heterocycles. The van der Waals surface area contributed by atoms with Gasteiger partial charge in [0.2, 0.25) is 5.91 Å². The molecule has 104 valence electrons. The van der Waals surface area contributed by atoms with E-state index in [1.807, 2.05) is 4.90 Å². The zero-order valence-corrected chi connectivity index (χ0v) is 10.9. The van der Waals surface area contributed by atoms with Crippen LogP contribution in [0, 0.1) is 0 Å². The third kappa shape index (κ3) is 3.67. The van der Waals surface area contributed by atoms with Gasteiger partial charge in [-0.3, -0.25) is 4.79 Å². The fourth-order valence-electron chi connectivity index (χ4n) is 2.77. The second-order valence-electron chi connectivity index (χ2n) is 5.14. The Morgan fingerprint density at radius 1 is 1.33 bits per heavy atom. The minimum Gasteiger partial charge on any atom is -0.394 e. The van der Waals surface area contributed by atoms with Gasteiger partial charge >= 0.3 is 0 Å². The summed E-state index contributed by atoms with van der Waals surface area (Å²) >= 11 is 0. The van der Waals surface area contributed by atoms with Crippen molar-refractivity contribution in [2.24, 2.45) is 0 Å². The van der Waals surface area contributed by atoms with Crippen LogP contribution >= 0.6 is 0 Å². The third-order valence-corrected chi connectivity index (χ3v) is 3.86.